The Labute approximate surface area is 102 Å². The van der Waals surface area contributed by atoms with Crippen molar-refractivity contribution in [3.8, 4) is 0 Å². The highest BCUT2D eigenvalue weighted by Crippen LogP contribution is 2.13. The van der Waals surface area contributed by atoms with E-state index in [9.17, 15) is 4.79 Å². The number of aliphatic carboxylic acids is 1. The van der Waals surface area contributed by atoms with Gasteiger partial charge in [0.2, 0.25) is 0 Å². The minimum Gasteiger partial charge on any atom is -0.481 e. The number of benzene rings is 1. The van der Waals surface area contributed by atoms with Crippen LogP contribution in [-0.4, -0.2) is 17.7 Å². The first-order valence-electron chi connectivity index (χ1n) is 5.94. The second kappa shape index (κ2) is 7.07. The van der Waals surface area contributed by atoms with Gasteiger partial charge in [0.15, 0.2) is 0 Å². The molecular formula is C14H20O3. The van der Waals surface area contributed by atoms with Crippen LogP contribution in [0.4, 0.5) is 0 Å². The molecule has 0 saturated heterocycles. The van der Waals surface area contributed by atoms with Crippen LogP contribution >= 0.6 is 0 Å². The second-order valence-electron chi connectivity index (χ2n) is 4.67. The summed E-state index contributed by atoms with van der Waals surface area (Å²) in [6, 6.07) is 9.78. The van der Waals surface area contributed by atoms with Crippen molar-refractivity contribution < 1.29 is 14.6 Å². The zero-order chi connectivity index (χ0) is 12.7. The van der Waals surface area contributed by atoms with Crippen LogP contribution in [0.5, 0.6) is 0 Å². The van der Waals surface area contributed by atoms with E-state index in [0.29, 0.717) is 18.9 Å². The van der Waals surface area contributed by atoms with Gasteiger partial charge in [-0.05, 0) is 17.9 Å². The van der Waals surface area contributed by atoms with Gasteiger partial charge in [0.25, 0.3) is 0 Å². The highest BCUT2D eigenvalue weighted by atomic mass is 16.5. The van der Waals surface area contributed by atoms with E-state index < -0.39 is 11.9 Å². The zero-order valence-corrected chi connectivity index (χ0v) is 10.4. The standard InChI is InChI=1S/C14H20O3/c1-11(2)8-13(14(15)16)10-17-9-12-6-4-3-5-7-12/h3-7,11,13H,8-10H2,1-2H3,(H,15,16)/t13-/m0/s1. The molecule has 94 valence electrons. The second-order valence-corrected chi connectivity index (χ2v) is 4.67. The Morgan fingerprint density at radius 1 is 1.29 bits per heavy atom. The lowest BCUT2D eigenvalue weighted by molar-refractivity contribution is -0.144. The fourth-order valence-corrected chi connectivity index (χ4v) is 1.70. The molecule has 0 aromatic heterocycles. The van der Waals surface area contributed by atoms with Crippen molar-refractivity contribution in [1.82, 2.24) is 0 Å². The highest BCUT2D eigenvalue weighted by molar-refractivity contribution is 5.70. The summed E-state index contributed by atoms with van der Waals surface area (Å²) in [5, 5.41) is 9.04. The molecule has 0 aliphatic carbocycles. The zero-order valence-electron chi connectivity index (χ0n) is 10.4. The molecule has 0 spiro atoms. The van der Waals surface area contributed by atoms with Gasteiger partial charge in [0, 0.05) is 0 Å². The number of carboxylic acids is 1. The predicted molar refractivity (Wildman–Crippen MR) is 66.7 cm³/mol. The lowest BCUT2D eigenvalue weighted by atomic mass is 9.98. The monoisotopic (exact) mass is 236 g/mol. The smallest absolute Gasteiger partial charge is 0.308 e. The van der Waals surface area contributed by atoms with Crippen molar-refractivity contribution in [2.45, 2.75) is 26.9 Å². The summed E-state index contributed by atoms with van der Waals surface area (Å²) in [5.41, 5.74) is 1.07. The van der Waals surface area contributed by atoms with Crippen LogP contribution in [0.15, 0.2) is 30.3 Å². The molecule has 0 bridgehead atoms. The van der Waals surface area contributed by atoms with Crippen molar-refractivity contribution >= 4 is 5.97 Å². The maximum absolute atomic E-state index is 11.0. The van der Waals surface area contributed by atoms with Crippen molar-refractivity contribution in [2.24, 2.45) is 11.8 Å². The molecule has 1 N–H and O–H groups in total. The fraction of sp³-hybridized carbons (Fsp3) is 0.500. The van der Waals surface area contributed by atoms with Crippen LogP contribution in [0.2, 0.25) is 0 Å². The topological polar surface area (TPSA) is 46.5 Å². The molecule has 0 heterocycles. The van der Waals surface area contributed by atoms with E-state index in [1.807, 2.05) is 44.2 Å². The molecule has 17 heavy (non-hydrogen) atoms. The first-order valence-corrected chi connectivity index (χ1v) is 5.94. The van der Waals surface area contributed by atoms with Gasteiger partial charge in [0.1, 0.15) is 0 Å². The van der Waals surface area contributed by atoms with Gasteiger partial charge in [-0.15, -0.1) is 0 Å². The molecule has 0 amide bonds. The third-order valence-corrected chi connectivity index (χ3v) is 2.54. The van der Waals surface area contributed by atoms with Gasteiger partial charge in [-0.25, -0.2) is 0 Å². The van der Waals surface area contributed by atoms with Gasteiger partial charge in [-0.3, -0.25) is 4.79 Å². The molecule has 1 aromatic rings. The molecule has 0 unspecified atom stereocenters. The largest absolute Gasteiger partial charge is 0.481 e. The van der Waals surface area contributed by atoms with E-state index in [1.165, 1.54) is 0 Å². The first kappa shape index (κ1) is 13.7. The normalized spacial score (nSPS) is 12.6. The lowest BCUT2D eigenvalue weighted by Crippen LogP contribution is -2.21. The predicted octanol–water partition coefficient (Wildman–Crippen LogP) is 2.95. The highest BCUT2D eigenvalue weighted by Gasteiger charge is 2.18. The van der Waals surface area contributed by atoms with Crippen LogP contribution in [0.1, 0.15) is 25.8 Å². The minimum absolute atomic E-state index is 0.280. The summed E-state index contributed by atoms with van der Waals surface area (Å²) in [4.78, 5) is 11.0. The van der Waals surface area contributed by atoms with E-state index in [4.69, 9.17) is 9.84 Å². The van der Waals surface area contributed by atoms with Gasteiger partial charge in [0.05, 0.1) is 19.1 Å². The summed E-state index contributed by atoms with van der Waals surface area (Å²) in [7, 11) is 0. The molecule has 3 nitrogen and oxygen atoms in total. The fourth-order valence-electron chi connectivity index (χ4n) is 1.70. The van der Waals surface area contributed by atoms with Crippen LogP contribution in [-0.2, 0) is 16.1 Å². The van der Waals surface area contributed by atoms with Gasteiger partial charge in [-0.1, -0.05) is 44.2 Å². The Hall–Kier alpha value is -1.35. The lowest BCUT2D eigenvalue weighted by Gasteiger charge is -2.14. The van der Waals surface area contributed by atoms with Gasteiger partial charge in [-0.2, -0.15) is 0 Å². The average Bonchev–Trinajstić information content (AvgIpc) is 2.28. The van der Waals surface area contributed by atoms with E-state index >= 15 is 0 Å². The number of hydrogen-bond donors (Lipinski definition) is 1. The Balaban J connectivity index is 2.35. The molecular weight excluding hydrogens is 216 g/mol. The molecule has 0 radical (unpaired) electrons. The van der Waals surface area contributed by atoms with Gasteiger partial charge >= 0.3 is 5.97 Å². The number of carbonyl (C=O) groups is 1. The number of carboxylic acid groups (broad SMARTS) is 1. The van der Waals surface area contributed by atoms with Crippen LogP contribution in [0.25, 0.3) is 0 Å². The number of ether oxygens (including phenoxy) is 1. The molecule has 0 aliphatic rings. The van der Waals surface area contributed by atoms with E-state index in [0.717, 1.165) is 5.56 Å². The van der Waals surface area contributed by atoms with E-state index in [2.05, 4.69) is 0 Å². The maximum Gasteiger partial charge on any atom is 0.308 e. The third kappa shape index (κ3) is 5.50. The van der Waals surface area contributed by atoms with Crippen molar-refractivity contribution in [1.29, 1.82) is 0 Å². The summed E-state index contributed by atoms with van der Waals surface area (Å²) in [6.45, 7) is 4.80. The van der Waals surface area contributed by atoms with Crippen molar-refractivity contribution in [3.05, 3.63) is 35.9 Å². The Bertz CT molecular complexity index is 333. The molecule has 1 aromatic carbocycles. The SMILES string of the molecule is CC(C)C[C@@H](COCc1ccccc1)C(=O)O. The van der Waals surface area contributed by atoms with Crippen LogP contribution in [0, 0.1) is 11.8 Å². The average molecular weight is 236 g/mol. The quantitative estimate of drug-likeness (QED) is 0.791. The first-order chi connectivity index (χ1) is 8.09. The summed E-state index contributed by atoms with van der Waals surface area (Å²) in [6.07, 6.45) is 0.657. The summed E-state index contributed by atoms with van der Waals surface area (Å²) in [5.74, 6) is -0.804. The summed E-state index contributed by atoms with van der Waals surface area (Å²) >= 11 is 0. The van der Waals surface area contributed by atoms with E-state index in [-0.39, 0.29) is 6.61 Å². The minimum atomic E-state index is -0.772. The third-order valence-electron chi connectivity index (χ3n) is 2.54. The van der Waals surface area contributed by atoms with E-state index in [1.54, 1.807) is 0 Å². The maximum atomic E-state index is 11.0. The Kier molecular flexibility index (Phi) is 5.70. The Morgan fingerprint density at radius 2 is 1.94 bits per heavy atom. The molecule has 0 aliphatic heterocycles. The molecule has 3 heteroatoms. The van der Waals surface area contributed by atoms with Gasteiger partial charge < -0.3 is 9.84 Å². The molecule has 0 fully saturated rings. The van der Waals surface area contributed by atoms with Crippen LogP contribution < -0.4 is 0 Å². The Morgan fingerprint density at radius 3 is 2.47 bits per heavy atom. The summed E-state index contributed by atoms with van der Waals surface area (Å²) < 4.78 is 5.46. The van der Waals surface area contributed by atoms with Crippen molar-refractivity contribution in [2.75, 3.05) is 6.61 Å². The molecule has 1 atom stereocenters. The molecule has 1 rings (SSSR count). The molecule has 0 saturated carbocycles. The van der Waals surface area contributed by atoms with Crippen molar-refractivity contribution in [3.63, 3.8) is 0 Å². The van der Waals surface area contributed by atoms with Crippen LogP contribution in [0.3, 0.4) is 0 Å². The number of hydrogen-bond acceptors (Lipinski definition) is 2. The number of rotatable bonds is 7.